The molecule has 2 heterocycles. The number of alkyl halides is 2. The Bertz CT molecular complexity index is 5850. The second kappa shape index (κ2) is 41.0. The number of para-hydroxylation sites is 1. The van der Waals surface area contributed by atoms with Crippen molar-refractivity contribution < 1.29 is 13.2 Å². The van der Waals surface area contributed by atoms with Gasteiger partial charge in [-0.1, -0.05) is 419 Å². The van der Waals surface area contributed by atoms with Crippen molar-refractivity contribution in [1.29, 1.82) is 0 Å². The third kappa shape index (κ3) is 25.5. The van der Waals surface area contributed by atoms with E-state index in [0.717, 1.165) is 17.3 Å². The second-order valence-corrected chi connectivity index (χ2v) is 60.7. The first-order chi connectivity index (χ1) is 60.3. The Labute approximate surface area is 802 Å². The standard InChI is InChI=1S/C23H32.C21H26F2.C21H32Si.C18H26Si.C16H26.C13H16O.C13H16S/c1-16-18-9-7-8-10-19(18)20(15-21(16)22(2,3)4)17-11-13-23(5,6)14-12-17;1-14-16-7-5-6-8-17(16)18(13-19(14)20(2,3)4)15-9-11-21(22,23)12-10-15;1-8-22(9-2,10-3)20-15-19(21(5,6)7)16(4)17-13-11-12-14-18(17)20;1-13-14-10-8-9-11-15(14)17(19(5,6)7)12-16(13)18(2,3)4;1-11-9-13(15(3,4)5)10-14(12(11)2)16(6,7)8;2*1-9-10-7-5-6-8-11(10)14-12(9)13(2,3)4/h7-10,15,17H,11-14H2,1-6H3;5-8,13,15H,9-12H2,1-4H3;11-15H,8-10H2,1-7H3;8-12H,1-7H3;9-10H,1-8H3;2*5-8H,1-4H3. The summed E-state index contributed by atoms with van der Waals surface area (Å²) in [6.45, 7) is 92.1. The summed E-state index contributed by atoms with van der Waals surface area (Å²) in [5.74, 6) is -0.390. The number of fused-ring (bicyclic) bond motifs is 6. The van der Waals surface area contributed by atoms with Crippen LogP contribution in [0.5, 0.6) is 0 Å². The highest BCUT2D eigenvalue weighted by molar-refractivity contribution is 7.19. The molecule has 0 saturated heterocycles. The van der Waals surface area contributed by atoms with Crippen LogP contribution in [0.1, 0.15) is 364 Å². The van der Waals surface area contributed by atoms with Crippen molar-refractivity contribution in [3.8, 4) is 0 Å². The first-order valence-electron chi connectivity index (χ1n) is 49.9. The SMILES string of the molecule is CC[Si](CC)(CC)c1cc(C(C)(C)C)c(C)c2ccccc12.Cc1c(C(C)(C)C)cc(C2CCC(C)(C)CC2)c2ccccc12.Cc1c(C(C)(C)C)cc(C2CCC(F)(F)CC2)c2ccccc12.Cc1c(C(C)(C)C)cc([Si](C)(C)C)c2ccccc12.Cc1c(C(C)(C)C)oc2ccccc12.Cc1c(C(C)(C)C)sc2ccccc12.Cc1cc(C(C)(C)C)cc(C(C)(C)C)c1C. The lowest BCUT2D eigenvalue weighted by Crippen LogP contribution is -2.46. The van der Waals surface area contributed by atoms with E-state index in [-0.39, 0.29) is 62.1 Å². The molecule has 11 aromatic carbocycles. The number of hydrogen-bond acceptors (Lipinski definition) is 2. The molecule has 0 spiro atoms. The highest BCUT2D eigenvalue weighted by Crippen LogP contribution is 2.49. The van der Waals surface area contributed by atoms with E-state index in [1.807, 2.05) is 23.5 Å². The van der Waals surface area contributed by atoms with Gasteiger partial charge in [-0.25, -0.2) is 8.78 Å². The fourth-order valence-corrected chi connectivity index (χ4v) is 28.0. The summed E-state index contributed by atoms with van der Waals surface area (Å²) in [7, 11) is -2.72. The smallest absolute Gasteiger partial charge is 0.248 e. The first kappa shape index (κ1) is 107. The van der Waals surface area contributed by atoms with Crippen molar-refractivity contribution in [1.82, 2.24) is 0 Å². The zero-order valence-electron chi connectivity index (χ0n) is 89.8. The lowest BCUT2D eigenvalue weighted by Gasteiger charge is -2.36. The maximum Gasteiger partial charge on any atom is 0.248 e. The van der Waals surface area contributed by atoms with E-state index in [0.29, 0.717) is 18.3 Å². The Morgan fingerprint density at radius 2 is 0.649 bits per heavy atom. The summed E-state index contributed by atoms with van der Waals surface area (Å²) >= 11 is 1.93. The van der Waals surface area contributed by atoms with Crippen molar-refractivity contribution >= 4 is 102 Å². The Hall–Kier alpha value is -7.75. The van der Waals surface area contributed by atoms with Crippen molar-refractivity contribution in [2.75, 3.05) is 0 Å². The molecule has 6 heteroatoms. The van der Waals surface area contributed by atoms with Crippen LogP contribution in [0.15, 0.2) is 186 Å². The average Bonchev–Trinajstić information content (AvgIpc) is 1.60. The molecule has 0 amide bonds. The molecule has 2 aliphatic carbocycles. The molecule has 708 valence electrons. The summed E-state index contributed by atoms with van der Waals surface area (Å²) in [5.41, 5.74) is 26.0. The maximum absolute atomic E-state index is 13.5. The van der Waals surface area contributed by atoms with Crippen LogP contribution in [0, 0.1) is 60.8 Å². The molecule has 0 N–H and O–H groups in total. The molecule has 15 rings (SSSR count). The van der Waals surface area contributed by atoms with E-state index in [4.69, 9.17) is 4.42 Å². The quantitative estimate of drug-likeness (QED) is 0.145. The van der Waals surface area contributed by atoms with Gasteiger partial charge in [-0.15, -0.1) is 11.3 Å². The van der Waals surface area contributed by atoms with Gasteiger partial charge in [-0.05, 0) is 299 Å². The van der Waals surface area contributed by atoms with E-state index in [1.165, 1.54) is 191 Å². The van der Waals surface area contributed by atoms with Gasteiger partial charge >= 0.3 is 0 Å². The van der Waals surface area contributed by atoms with Crippen molar-refractivity contribution in [3.05, 3.63) is 282 Å². The third-order valence-corrected chi connectivity index (χ3v) is 38.6. The largest absolute Gasteiger partial charge is 0.460 e. The average molecular weight is 1820 g/mol. The van der Waals surface area contributed by atoms with Crippen molar-refractivity contribution in [2.45, 2.75) is 406 Å². The highest BCUT2D eigenvalue weighted by Gasteiger charge is 2.39. The fraction of sp³-hybridized carbons (Fsp3) is 0.504. The van der Waals surface area contributed by atoms with E-state index in [2.05, 4.69) is 446 Å². The molecule has 0 radical (unpaired) electrons. The monoisotopic (exact) mass is 1820 g/mol. The van der Waals surface area contributed by atoms with Gasteiger partial charge in [0.2, 0.25) is 5.92 Å². The zero-order chi connectivity index (χ0) is 98.0. The van der Waals surface area contributed by atoms with E-state index in [1.54, 1.807) is 15.9 Å². The van der Waals surface area contributed by atoms with Gasteiger partial charge in [0, 0.05) is 33.2 Å². The first-order valence-corrected chi connectivity index (χ1v) is 56.9. The maximum atomic E-state index is 13.5. The molecule has 0 bridgehead atoms. The Morgan fingerprint density at radius 1 is 0.328 bits per heavy atom. The second-order valence-electron chi connectivity index (χ2n) is 49.4. The molecule has 2 saturated carbocycles. The van der Waals surface area contributed by atoms with Crippen molar-refractivity contribution in [3.63, 3.8) is 0 Å². The fourth-order valence-electron chi connectivity index (χ4n) is 21.2. The van der Waals surface area contributed by atoms with E-state index in [9.17, 15) is 8.78 Å². The van der Waals surface area contributed by atoms with Gasteiger partial charge in [0.25, 0.3) is 0 Å². The molecule has 2 aliphatic rings. The number of furan rings is 1. The van der Waals surface area contributed by atoms with Crippen LogP contribution in [-0.4, -0.2) is 22.1 Å². The minimum Gasteiger partial charge on any atom is -0.460 e. The molecule has 0 atom stereocenters. The Morgan fingerprint density at radius 3 is 1.00 bits per heavy atom. The van der Waals surface area contributed by atoms with Crippen LogP contribution in [0.3, 0.4) is 0 Å². The van der Waals surface area contributed by atoms with Crippen LogP contribution in [0.4, 0.5) is 8.78 Å². The van der Waals surface area contributed by atoms with Gasteiger partial charge < -0.3 is 4.42 Å². The minimum atomic E-state index is -2.47. The van der Waals surface area contributed by atoms with Crippen LogP contribution in [0.2, 0.25) is 37.8 Å². The summed E-state index contributed by atoms with van der Waals surface area (Å²) in [6, 6.07) is 71.0. The minimum absolute atomic E-state index is 0.0186. The summed E-state index contributed by atoms with van der Waals surface area (Å²) < 4.78 is 34.4. The number of rotatable bonds is 7. The van der Waals surface area contributed by atoms with Gasteiger partial charge in [-0.3, -0.25) is 0 Å². The summed E-state index contributed by atoms with van der Waals surface area (Å²) in [5, 5.41) is 17.3. The number of hydrogen-bond donors (Lipinski definition) is 0. The Kier molecular flexibility index (Phi) is 33.5. The van der Waals surface area contributed by atoms with Crippen LogP contribution >= 0.6 is 11.3 Å². The number of halogens is 2. The van der Waals surface area contributed by atoms with Gasteiger partial charge in [0.1, 0.15) is 11.3 Å². The van der Waals surface area contributed by atoms with Gasteiger partial charge in [0.05, 0.1) is 16.1 Å². The summed E-state index contributed by atoms with van der Waals surface area (Å²) in [4.78, 5) is 1.51. The van der Waals surface area contributed by atoms with Crippen molar-refractivity contribution in [2.24, 2.45) is 5.41 Å². The summed E-state index contributed by atoms with van der Waals surface area (Å²) in [6.07, 6.45) is 6.59. The molecule has 131 heavy (non-hydrogen) atoms. The molecule has 0 unspecified atom stereocenters. The lowest BCUT2D eigenvalue weighted by atomic mass is 9.69. The van der Waals surface area contributed by atoms with Crippen LogP contribution < -0.4 is 10.4 Å². The molecular formula is C125H174F2OSSi2. The van der Waals surface area contributed by atoms with E-state index < -0.39 is 22.1 Å². The van der Waals surface area contributed by atoms with Gasteiger partial charge in [-0.2, -0.15) is 0 Å². The lowest BCUT2D eigenvalue weighted by molar-refractivity contribution is -0.0381. The molecule has 0 aliphatic heterocycles. The molecule has 13 aromatic rings. The highest BCUT2D eigenvalue weighted by atomic mass is 32.1. The Balaban J connectivity index is 0.000000173. The molecule has 1 nitrogen and oxygen atoms in total. The van der Waals surface area contributed by atoms with Crippen LogP contribution in [0.25, 0.3) is 64.1 Å². The topological polar surface area (TPSA) is 13.1 Å². The molecule has 2 aromatic heterocycles. The normalized spacial score (nSPS) is 15.0. The number of benzene rings is 11. The number of thiophene rings is 1. The van der Waals surface area contributed by atoms with Gasteiger partial charge in [0.15, 0.2) is 0 Å². The molecular weight excluding hydrogens is 1640 g/mol. The predicted molar refractivity (Wildman–Crippen MR) is 589 cm³/mol. The van der Waals surface area contributed by atoms with Crippen LogP contribution in [-0.2, 0) is 43.3 Å². The predicted octanol–water partition coefficient (Wildman–Crippen LogP) is 38.5. The number of aryl methyl sites for hydroxylation is 7. The zero-order valence-corrected chi connectivity index (χ0v) is 92.6. The third-order valence-electron chi connectivity index (χ3n) is 29.3. The van der Waals surface area contributed by atoms with E-state index >= 15 is 0 Å². The molecule has 2 fully saturated rings.